The van der Waals surface area contributed by atoms with Crippen LogP contribution in [0.4, 0.5) is 0 Å². The Morgan fingerprint density at radius 1 is 1.00 bits per heavy atom. The van der Waals surface area contributed by atoms with Crippen LogP contribution in [0.25, 0.3) is 6.08 Å². The molecule has 1 fully saturated rings. The summed E-state index contributed by atoms with van der Waals surface area (Å²) in [5.41, 5.74) is 5.33. The number of hydrogen-bond acceptors (Lipinski definition) is 2. The molecule has 0 spiro atoms. The van der Waals surface area contributed by atoms with E-state index >= 15 is 0 Å². The highest BCUT2D eigenvalue weighted by molar-refractivity contribution is 5.52. The number of aromatic nitrogens is 2. The third-order valence-corrected chi connectivity index (χ3v) is 5.23. The Hall–Kier alpha value is -2.65. The van der Waals surface area contributed by atoms with Crippen molar-refractivity contribution in [3.05, 3.63) is 95.3 Å². The van der Waals surface area contributed by atoms with Gasteiger partial charge in [0.1, 0.15) is 0 Å². The van der Waals surface area contributed by atoms with E-state index in [2.05, 4.69) is 94.8 Å². The molecule has 1 saturated heterocycles. The second kappa shape index (κ2) is 7.71. The van der Waals surface area contributed by atoms with Gasteiger partial charge in [-0.05, 0) is 24.1 Å². The van der Waals surface area contributed by atoms with Crippen LogP contribution in [0.3, 0.4) is 0 Å². The van der Waals surface area contributed by atoms with E-state index in [4.69, 9.17) is 0 Å². The first-order valence-corrected chi connectivity index (χ1v) is 9.28. The van der Waals surface area contributed by atoms with Crippen molar-refractivity contribution in [2.75, 3.05) is 19.6 Å². The molecule has 2 aromatic carbocycles. The minimum atomic E-state index is 0.462. The van der Waals surface area contributed by atoms with E-state index in [1.807, 2.05) is 6.20 Å². The van der Waals surface area contributed by atoms with Crippen molar-refractivity contribution in [2.24, 2.45) is 0 Å². The summed E-state index contributed by atoms with van der Waals surface area (Å²) in [7, 11) is 0. The average molecular weight is 343 g/mol. The number of nitrogens with one attached hydrogen (secondary N) is 1. The summed E-state index contributed by atoms with van der Waals surface area (Å²) in [6.45, 7) is 5.37. The molecule has 1 aliphatic heterocycles. The highest BCUT2D eigenvalue weighted by Crippen LogP contribution is 2.39. The van der Waals surface area contributed by atoms with Crippen molar-refractivity contribution in [3.8, 4) is 0 Å². The maximum absolute atomic E-state index is 4.18. The second-order valence-corrected chi connectivity index (χ2v) is 7.23. The van der Waals surface area contributed by atoms with Crippen LogP contribution in [0.1, 0.15) is 35.6 Å². The average Bonchev–Trinajstić information content (AvgIpc) is 3.33. The highest BCUT2D eigenvalue weighted by atomic mass is 15.2. The Kier molecular flexibility index (Phi) is 4.98. The van der Waals surface area contributed by atoms with Gasteiger partial charge in [0.2, 0.25) is 0 Å². The molecule has 4 rings (SSSR count). The summed E-state index contributed by atoms with van der Waals surface area (Å²) < 4.78 is 0. The molecule has 0 saturated carbocycles. The fourth-order valence-corrected chi connectivity index (χ4v) is 4.07. The molecule has 0 radical (unpaired) electrons. The van der Waals surface area contributed by atoms with Gasteiger partial charge in [-0.25, -0.2) is 0 Å². The lowest BCUT2D eigenvalue weighted by atomic mass is 9.87. The highest BCUT2D eigenvalue weighted by Gasteiger charge is 2.35. The van der Waals surface area contributed by atoms with Gasteiger partial charge in [0.25, 0.3) is 0 Å². The summed E-state index contributed by atoms with van der Waals surface area (Å²) >= 11 is 0. The van der Waals surface area contributed by atoms with Crippen molar-refractivity contribution in [1.29, 1.82) is 0 Å². The molecule has 132 valence electrons. The van der Waals surface area contributed by atoms with Crippen molar-refractivity contribution in [3.63, 3.8) is 0 Å². The lowest BCUT2D eigenvalue weighted by Crippen LogP contribution is -2.22. The molecule has 0 bridgehead atoms. The molecular weight excluding hydrogens is 318 g/mol. The van der Waals surface area contributed by atoms with E-state index in [1.165, 1.54) is 22.4 Å². The molecule has 2 atom stereocenters. The fraction of sp³-hybridized carbons (Fsp3) is 0.261. The first-order chi connectivity index (χ1) is 12.8. The molecule has 2 heterocycles. The van der Waals surface area contributed by atoms with Crippen molar-refractivity contribution in [1.82, 2.24) is 15.1 Å². The molecule has 1 N–H and O–H groups in total. The Morgan fingerprint density at radius 3 is 2.38 bits per heavy atom. The normalized spacial score (nSPS) is 21.2. The zero-order valence-corrected chi connectivity index (χ0v) is 15.2. The standard InChI is InChI=1S/C23H25N3/c1-18(14-19-8-4-2-5-9-19)15-26-16-21(20-10-6-3-7-11-20)22(17-26)23-12-13-24-25-23/h2-14,21-22H,15-17H2,1H3,(H,24,25)/b18-14+/t21-,22+/m0/s1. The zero-order chi connectivity index (χ0) is 17.8. The third-order valence-electron chi connectivity index (χ3n) is 5.23. The summed E-state index contributed by atoms with van der Waals surface area (Å²) in [6.07, 6.45) is 4.15. The van der Waals surface area contributed by atoms with Crippen LogP contribution in [0.2, 0.25) is 0 Å². The number of likely N-dealkylation sites (tertiary alicyclic amines) is 1. The van der Waals surface area contributed by atoms with Gasteiger partial charge in [0.05, 0.1) is 0 Å². The van der Waals surface area contributed by atoms with E-state index in [9.17, 15) is 0 Å². The van der Waals surface area contributed by atoms with E-state index < -0.39 is 0 Å². The third kappa shape index (κ3) is 3.78. The molecule has 1 aromatic heterocycles. The van der Waals surface area contributed by atoms with Crippen LogP contribution in [0.5, 0.6) is 0 Å². The zero-order valence-electron chi connectivity index (χ0n) is 15.2. The van der Waals surface area contributed by atoms with Gasteiger partial charge in [0, 0.05) is 43.4 Å². The van der Waals surface area contributed by atoms with Crippen molar-refractivity contribution in [2.45, 2.75) is 18.8 Å². The second-order valence-electron chi connectivity index (χ2n) is 7.23. The smallest absolute Gasteiger partial charge is 0.0490 e. The first-order valence-electron chi connectivity index (χ1n) is 9.28. The van der Waals surface area contributed by atoms with Crippen molar-refractivity contribution < 1.29 is 0 Å². The molecule has 3 heteroatoms. The Labute approximate surface area is 155 Å². The number of benzene rings is 2. The molecule has 3 aromatic rings. The van der Waals surface area contributed by atoms with Crippen LogP contribution < -0.4 is 0 Å². The molecule has 0 amide bonds. The quantitative estimate of drug-likeness (QED) is 0.728. The summed E-state index contributed by atoms with van der Waals surface area (Å²) in [5, 5.41) is 7.38. The van der Waals surface area contributed by atoms with Crippen LogP contribution in [-0.4, -0.2) is 34.7 Å². The Bertz CT molecular complexity index is 838. The summed E-state index contributed by atoms with van der Waals surface area (Å²) in [4.78, 5) is 2.57. The number of aromatic amines is 1. The monoisotopic (exact) mass is 343 g/mol. The number of nitrogens with zero attached hydrogens (tertiary/aromatic N) is 2. The molecule has 3 nitrogen and oxygen atoms in total. The maximum atomic E-state index is 4.18. The van der Waals surface area contributed by atoms with Gasteiger partial charge >= 0.3 is 0 Å². The van der Waals surface area contributed by atoms with E-state index in [-0.39, 0.29) is 0 Å². The minimum absolute atomic E-state index is 0.462. The molecule has 26 heavy (non-hydrogen) atoms. The summed E-state index contributed by atoms with van der Waals surface area (Å²) in [5.74, 6) is 0.964. The number of H-pyrrole nitrogens is 1. The van der Waals surface area contributed by atoms with Crippen LogP contribution >= 0.6 is 0 Å². The Morgan fingerprint density at radius 2 is 1.69 bits per heavy atom. The minimum Gasteiger partial charge on any atom is -0.298 e. The lowest BCUT2D eigenvalue weighted by Gasteiger charge is -2.17. The van der Waals surface area contributed by atoms with Crippen LogP contribution in [0, 0.1) is 0 Å². The number of rotatable bonds is 5. The summed E-state index contributed by atoms with van der Waals surface area (Å²) in [6, 6.07) is 23.6. The lowest BCUT2D eigenvalue weighted by molar-refractivity contribution is 0.360. The predicted molar refractivity (Wildman–Crippen MR) is 107 cm³/mol. The van der Waals surface area contributed by atoms with Crippen LogP contribution in [-0.2, 0) is 0 Å². The van der Waals surface area contributed by atoms with E-state index in [0.29, 0.717) is 11.8 Å². The molecule has 0 unspecified atom stereocenters. The van der Waals surface area contributed by atoms with Gasteiger partial charge in [-0.15, -0.1) is 0 Å². The first kappa shape index (κ1) is 16.8. The van der Waals surface area contributed by atoms with E-state index in [0.717, 1.165) is 19.6 Å². The predicted octanol–water partition coefficient (Wildman–Crippen LogP) is 4.70. The SMILES string of the molecule is C/C(=C\c1ccccc1)CN1C[C@@H](c2ccccc2)[C@H](c2ccn[nH]2)C1. The van der Waals surface area contributed by atoms with Gasteiger partial charge < -0.3 is 0 Å². The topological polar surface area (TPSA) is 31.9 Å². The molecule has 1 aliphatic rings. The Balaban J connectivity index is 1.53. The van der Waals surface area contributed by atoms with Crippen LogP contribution in [0.15, 0.2) is 78.5 Å². The fourth-order valence-electron chi connectivity index (χ4n) is 4.07. The van der Waals surface area contributed by atoms with Gasteiger partial charge in [-0.1, -0.05) is 72.3 Å². The number of hydrogen-bond donors (Lipinski definition) is 1. The van der Waals surface area contributed by atoms with Crippen molar-refractivity contribution >= 4 is 6.08 Å². The maximum Gasteiger partial charge on any atom is 0.0490 e. The largest absolute Gasteiger partial charge is 0.298 e. The van der Waals surface area contributed by atoms with Gasteiger partial charge in [0.15, 0.2) is 0 Å². The van der Waals surface area contributed by atoms with Gasteiger partial charge in [-0.3, -0.25) is 10.00 Å². The van der Waals surface area contributed by atoms with Gasteiger partial charge in [-0.2, -0.15) is 5.10 Å². The van der Waals surface area contributed by atoms with E-state index in [1.54, 1.807) is 0 Å². The molecular formula is C23H25N3. The molecule has 0 aliphatic carbocycles.